The summed E-state index contributed by atoms with van der Waals surface area (Å²) in [5, 5.41) is 46.3. The molecule has 9 atom stereocenters. The summed E-state index contributed by atoms with van der Waals surface area (Å²) < 4.78 is 17.2. The Kier molecular flexibility index (Phi) is 9.54. The Morgan fingerprint density at radius 1 is 0.927 bits per heavy atom. The van der Waals surface area contributed by atoms with Gasteiger partial charge in [0, 0.05) is 31.6 Å². The Balaban J connectivity index is 2.25. The fourth-order valence-electron chi connectivity index (χ4n) is 5.85. The van der Waals surface area contributed by atoms with E-state index in [4.69, 9.17) is 14.2 Å². The SMILES string of the molecule is CC(=O)OC1CC(O)/C(C)=C\C2C(OC(=O)c3ccccc3)C(C)C(O)C2(OC(C)=O)C(O)C(C)(O)/C=C/C1(C)C. The van der Waals surface area contributed by atoms with E-state index in [0.29, 0.717) is 5.57 Å². The molecule has 4 N–H and O–H groups in total. The standard InChI is InChI=1S/C31H42O10/c1-17-15-22-25(40-27(36)21-11-9-8-10-12-21)18(2)26(35)31(22,41-20(4)33)28(37)30(7,38)14-13-29(5,6)24(16-23(17)34)39-19(3)32/h8-15,18,22-26,28,34-35,37-38H,16H2,1-7H3/b14-13+,17-15-. The van der Waals surface area contributed by atoms with Gasteiger partial charge in [0.05, 0.1) is 17.6 Å². The van der Waals surface area contributed by atoms with Crippen LogP contribution >= 0.6 is 0 Å². The molecular formula is C31H42O10. The third-order valence-corrected chi connectivity index (χ3v) is 8.30. The summed E-state index contributed by atoms with van der Waals surface area (Å²) in [5.74, 6) is -4.18. The van der Waals surface area contributed by atoms with Crippen LogP contribution in [0.15, 0.2) is 54.1 Å². The number of carbonyl (C=O) groups excluding carboxylic acids is 3. The topological polar surface area (TPSA) is 160 Å². The number of carbonyl (C=O) groups is 3. The summed E-state index contributed by atoms with van der Waals surface area (Å²) in [4.78, 5) is 37.6. The van der Waals surface area contributed by atoms with Gasteiger partial charge >= 0.3 is 17.9 Å². The van der Waals surface area contributed by atoms with Gasteiger partial charge in [0.2, 0.25) is 0 Å². The predicted molar refractivity (Wildman–Crippen MR) is 148 cm³/mol. The van der Waals surface area contributed by atoms with Gasteiger partial charge < -0.3 is 34.6 Å². The number of rotatable bonds is 4. The third kappa shape index (κ3) is 6.56. The van der Waals surface area contributed by atoms with E-state index in [2.05, 4.69) is 0 Å². The number of ether oxygens (including phenoxy) is 3. The zero-order valence-corrected chi connectivity index (χ0v) is 24.6. The van der Waals surface area contributed by atoms with Gasteiger partial charge in [-0.1, -0.05) is 57.2 Å². The van der Waals surface area contributed by atoms with E-state index in [1.165, 1.54) is 26.0 Å². The van der Waals surface area contributed by atoms with E-state index < -0.39 is 76.9 Å². The number of hydrogen-bond donors (Lipinski definition) is 4. The first kappa shape index (κ1) is 32.5. The highest BCUT2D eigenvalue weighted by Gasteiger charge is 2.68. The van der Waals surface area contributed by atoms with E-state index >= 15 is 0 Å². The fourth-order valence-corrected chi connectivity index (χ4v) is 5.85. The molecule has 0 spiro atoms. The first-order chi connectivity index (χ1) is 18.9. The lowest BCUT2D eigenvalue weighted by Gasteiger charge is -2.46. The van der Waals surface area contributed by atoms with E-state index in [1.54, 1.807) is 64.1 Å². The van der Waals surface area contributed by atoms with Crippen molar-refractivity contribution in [3.63, 3.8) is 0 Å². The molecule has 3 rings (SSSR count). The Bertz CT molecular complexity index is 1190. The van der Waals surface area contributed by atoms with E-state index in [1.807, 2.05) is 0 Å². The van der Waals surface area contributed by atoms with Crippen LogP contribution in [-0.4, -0.2) is 80.1 Å². The zero-order chi connectivity index (χ0) is 30.9. The van der Waals surface area contributed by atoms with Gasteiger partial charge in [0.25, 0.3) is 0 Å². The van der Waals surface area contributed by atoms with Gasteiger partial charge in [0.15, 0.2) is 5.60 Å². The minimum atomic E-state index is -2.18. The van der Waals surface area contributed by atoms with Crippen LogP contribution < -0.4 is 0 Å². The van der Waals surface area contributed by atoms with Crippen molar-refractivity contribution in [3.05, 3.63) is 59.7 Å². The number of benzene rings is 1. The second kappa shape index (κ2) is 12.1. The maximum absolute atomic E-state index is 13.1. The van der Waals surface area contributed by atoms with E-state index in [0.717, 1.165) is 6.92 Å². The summed E-state index contributed by atoms with van der Waals surface area (Å²) in [6.07, 6.45) is -2.34. The van der Waals surface area contributed by atoms with Gasteiger partial charge in [-0.15, -0.1) is 0 Å². The quantitative estimate of drug-likeness (QED) is 0.239. The van der Waals surface area contributed by atoms with Gasteiger partial charge in [0.1, 0.15) is 30.0 Å². The van der Waals surface area contributed by atoms with Crippen LogP contribution in [-0.2, 0) is 23.8 Å². The molecule has 1 saturated carbocycles. The summed E-state index contributed by atoms with van der Waals surface area (Å²) in [7, 11) is 0. The number of esters is 3. The lowest BCUT2D eigenvalue weighted by atomic mass is 9.73. The molecule has 226 valence electrons. The van der Waals surface area contributed by atoms with Crippen LogP contribution in [0.4, 0.5) is 0 Å². The molecule has 9 unspecified atom stereocenters. The molecule has 10 heteroatoms. The van der Waals surface area contributed by atoms with Crippen LogP contribution in [0, 0.1) is 17.3 Å². The number of hydrogen-bond acceptors (Lipinski definition) is 10. The second-order valence-electron chi connectivity index (χ2n) is 12.1. The Hall–Kier alpha value is -3.05. The van der Waals surface area contributed by atoms with E-state index in [9.17, 15) is 34.8 Å². The Labute approximate surface area is 240 Å². The molecule has 1 aromatic carbocycles. The van der Waals surface area contributed by atoms with Crippen molar-refractivity contribution in [2.24, 2.45) is 17.3 Å². The van der Waals surface area contributed by atoms with Gasteiger partial charge in [-0.05, 0) is 31.6 Å². The first-order valence-corrected chi connectivity index (χ1v) is 13.7. The first-order valence-electron chi connectivity index (χ1n) is 13.7. The van der Waals surface area contributed by atoms with Gasteiger partial charge in [-0.3, -0.25) is 9.59 Å². The maximum atomic E-state index is 13.1. The lowest BCUT2D eigenvalue weighted by Crippen LogP contribution is -2.64. The molecule has 0 saturated heterocycles. The molecule has 2 aliphatic rings. The molecule has 0 aromatic heterocycles. The average Bonchev–Trinajstić information content (AvgIpc) is 3.07. The van der Waals surface area contributed by atoms with Gasteiger partial charge in [-0.2, -0.15) is 0 Å². The van der Waals surface area contributed by atoms with Crippen molar-refractivity contribution in [1.82, 2.24) is 0 Å². The molecule has 1 aromatic rings. The van der Waals surface area contributed by atoms with Crippen molar-refractivity contribution >= 4 is 17.9 Å². The average molecular weight is 575 g/mol. The summed E-state index contributed by atoms with van der Waals surface area (Å²) in [6, 6.07) is 8.19. The molecule has 10 nitrogen and oxygen atoms in total. The van der Waals surface area contributed by atoms with Crippen LogP contribution in [0.2, 0.25) is 0 Å². The van der Waals surface area contributed by atoms with Crippen LogP contribution in [0.25, 0.3) is 0 Å². The highest BCUT2D eigenvalue weighted by Crippen LogP contribution is 2.51. The summed E-state index contributed by atoms with van der Waals surface area (Å²) in [6.45, 7) is 10.3. The normalized spacial score (nSPS) is 39.1. The molecule has 1 fully saturated rings. The molecule has 41 heavy (non-hydrogen) atoms. The van der Waals surface area contributed by atoms with Crippen molar-refractivity contribution in [3.8, 4) is 0 Å². The maximum Gasteiger partial charge on any atom is 0.338 e. The highest BCUT2D eigenvalue weighted by molar-refractivity contribution is 5.89. The Morgan fingerprint density at radius 2 is 1.54 bits per heavy atom. The number of aliphatic hydroxyl groups is 4. The van der Waals surface area contributed by atoms with Crippen molar-refractivity contribution < 1.29 is 49.0 Å². The van der Waals surface area contributed by atoms with Gasteiger partial charge in [-0.25, -0.2) is 4.79 Å². The molecule has 2 aliphatic carbocycles. The number of fused-ring (bicyclic) bond motifs is 1. The molecule has 0 amide bonds. The Morgan fingerprint density at radius 3 is 2.10 bits per heavy atom. The summed E-state index contributed by atoms with van der Waals surface area (Å²) >= 11 is 0. The van der Waals surface area contributed by atoms with Crippen LogP contribution in [0.5, 0.6) is 0 Å². The molecular weight excluding hydrogens is 532 g/mol. The molecule has 0 bridgehead atoms. The van der Waals surface area contributed by atoms with E-state index in [-0.39, 0.29) is 12.0 Å². The minimum absolute atomic E-state index is 0.0240. The largest absolute Gasteiger partial charge is 0.462 e. The molecule has 0 radical (unpaired) electrons. The lowest BCUT2D eigenvalue weighted by molar-refractivity contribution is -0.222. The second-order valence-corrected chi connectivity index (χ2v) is 12.1. The number of aliphatic hydroxyl groups excluding tert-OH is 3. The highest BCUT2D eigenvalue weighted by atomic mass is 16.6. The zero-order valence-electron chi connectivity index (χ0n) is 24.6. The van der Waals surface area contributed by atoms with Crippen LogP contribution in [0.1, 0.15) is 65.2 Å². The fraction of sp³-hybridized carbons (Fsp3) is 0.581. The summed E-state index contributed by atoms with van der Waals surface area (Å²) in [5.41, 5.74) is -4.61. The smallest absolute Gasteiger partial charge is 0.338 e. The monoisotopic (exact) mass is 574 g/mol. The predicted octanol–water partition coefficient (Wildman–Crippen LogP) is 2.48. The minimum Gasteiger partial charge on any atom is -0.462 e. The molecule has 0 aliphatic heterocycles. The third-order valence-electron chi connectivity index (χ3n) is 8.30. The van der Waals surface area contributed by atoms with Crippen LogP contribution in [0.3, 0.4) is 0 Å². The van der Waals surface area contributed by atoms with Crippen molar-refractivity contribution in [2.45, 2.75) is 96.6 Å². The van der Waals surface area contributed by atoms with Crippen molar-refractivity contribution in [2.75, 3.05) is 0 Å². The molecule has 0 heterocycles. The van der Waals surface area contributed by atoms with Crippen molar-refractivity contribution in [1.29, 1.82) is 0 Å².